The van der Waals surface area contributed by atoms with Crippen molar-refractivity contribution in [3.8, 4) is 0 Å². The smallest absolute Gasteiger partial charge is 0.251 e. The molecule has 4 heteroatoms. The van der Waals surface area contributed by atoms with Crippen LogP contribution >= 0.6 is 15.9 Å². The molecule has 0 saturated carbocycles. The number of halogens is 1. The lowest BCUT2D eigenvalue weighted by Gasteiger charge is -2.14. The van der Waals surface area contributed by atoms with Gasteiger partial charge in [0.1, 0.15) is 4.60 Å². The molecule has 0 radical (unpaired) electrons. The summed E-state index contributed by atoms with van der Waals surface area (Å²) >= 11 is 3.25. The number of rotatable bonds is 3. The van der Waals surface area contributed by atoms with Crippen LogP contribution in [0, 0.1) is 0 Å². The zero-order chi connectivity index (χ0) is 13.0. The van der Waals surface area contributed by atoms with Crippen molar-refractivity contribution in [3.63, 3.8) is 0 Å². The first kappa shape index (κ1) is 12.8. The van der Waals surface area contributed by atoms with E-state index >= 15 is 0 Å². The molecule has 0 aliphatic heterocycles. The second kappa shape index (κ2) is 5.78. The summed E-state index contributed by atoms with van der Waals surface area (Å²) in [5, 5.41) is 2.95. The number of carbonyl (C=O) groups is 1. The maximum atomic E-state index is 12.0. The Labute approximate surface area is 114 Å². The fourth-order valence-electron chi connectivity index (χ4n) is 1.65. The molecule has 92 valence electrons. The van der Waals surface area contributed by atoms with Gasteiger partial charge in [-0.15, -0.1) is 0 Å². The third-order valence-electron chi connectivity index (χ3n) is 2.64. The zero-order valence-electron chi connectivity index (χ0n) is 9.93. The molecule has 1 aromatic heterocycles. The maximum absolute atomic E-state index is 12.0. The molecule has 0 aliphatic carbocycles. The Kier molecular flexibility index (Phi) is 4.10. The summed E-state index contributed by atoms with van der Waals surface area (Å²) in [6, 6.07) is 13.2. The van der Waals surface area contributed by atoms with Gasteiger partial charge in [0.25, 0.3) is 5.91 Å². The van der Waals surface area contributed by atoms with Crippen molar-refractivity contribution in [2.24, 2.45) is 0 Å². The average Bonchev–Trinajstić information content (AvgIpc) is 2.39. The second-order valence-corrected chi connectivity index (χ2v) is 4.79. The fraction of sp³-hybridized carbons (Fsp3) is 0.143. The van der Waals surface area contributed by atoms with Gasteiger partial charge in [-0.3, -0.25) is 4.79 Å². The van der Waals surface area contributed by atoms with Crippen LogP contribution in [0.4, 0.5) is 0 Å². The van der Waals surface area contributed by atoms with E-state index in [2.05, 4.69) is 26.2 Å². The number of pyridine rings is 1. The summed E-state index contributed by atoms with van der Waals surface area (Å²) in [4.78, 5) is 16.0. The summed E-state index contributed by atoms with van der Waals surface area (Å²) in [5.74, 6) is -0.102. The van der Waals surface area contributed by atoms with Crippen molar-refractivity contribution in [2.45, 2.75) is 13.0 Å². The first-order chi connectivity index (χ1) is 8.66. The quantitative estimate of drug-likeness (QED) is 0.884. The lowest BCUT2D eigenvalue weighted by Crippen LogP contribution is -2.26. The van der Waals surface area contributed by atoms with E-state index in [1.807, 2.05) is 37.3 Å². The molecule has 1 amide bonds. The highest BCUT2D eigenvalue weighted by atomic mass is 79.9. The van der Waals surface area contributed by atoms with Gasteiger partial charge in [-0.05, 0) is 40.5 Å². The maximum Gasteiger partial charge on any atom is 0.251 e. The molecule has 2 rings (SSSR count). The Morgan fingerprint density at radius 2 is 2.00 bits per heavy atom. The normalized spacial score (nSPS) is 11.9. The minimum absolute atomic E-state index is 0.0226. The minimum atomic E-state index is -0.102. The zero-order valence-corrected chi connectivity index (χ0v) is 11.5. The Hall–Kier alpha value is -1.68. The van der Waals surface area contributed by atoms with Gasteiger partial charge in [0, 0.05) is 11.8 Å². The van der Waals surface area contributed by atoms with Gasteiger partial charge in [-0.2, -0.15) is 0 Å². The highest BCUT2D eigenvalue weighted by molar-refractivity contribution is 9.10. The number of nitrogens with one attached hydrogen (secondary N) is 1. The summed E-state index contributed by atoms with van der Waals surface area (Å²) in [5.41, 5.74) is 1.68. The fourth-order valence-corrected chi connectivity index (χ4v) is 2.01. The van der Waals surface area contributed by atoms with Gasteiger partial charge < -0.3 is 5.32 Å². The Balaban J connectivity index is 2.08. The van der Waals surface area contributed by atoms with Crippen LogP contribution < -0.4 is 5.32 Å². The summed E-state index contributed by atoms with van der Waals surface area (Å²) in [6.45, 7) is 1.96. The monoisotopic (exact) mass is 304 g/mol. The minimum Gasteiger partial charge on any atom is -0.346 e. The molecule has 0 spiro atoms. The highest BCUT2D eigenvalue weighted by Crippen LogP contribution is 2.13. The lowest BCUT2D eigenvalue weighted by atomic mass is 10.1. The molecule has 0 aliphatic rings. The first-order valence-corrected chi connectivity index (χ1v) is 6.43. The van der Waals surface area contributed by atoms with Gasteiger partial charge in [0.15, 0.2) is 0 Å². The number of hydrogen-bond donors (Lipinski definition) is 1. The molecule has 18 heavy (non-hydrogen) atoms. The Morgan fingerprint density at radius 1 is 1.28 bits per heavy atom. The van der Waals surface area contributed by atoms with E-state index in [4.69, 9.17) is 0 Å². The van der Waals surface area contributed by atoms with E-state index in [0.29, 0.717) is 10.2 Å². The van der Waals surface area contributed by atoms with E-state index in [9.17, 15) is 4.79 Å². The number of benzene rings is 1. The van der Waals surface area contributed by atoms with Crippen LogP contribution in [0.1, 0.15) is 28.9 Å². The predicted octanol–water partition coefficient (Wildman–Crippen LogP) is 3.34. The van der Waals surface area contributed by atoms with Crippen molar-refractivity contribution in [2.75, 3.05) is 0 Å². The molecule has 3 nitrogen and oxygen atoms in total. The van der Waals surface area contributed by atoms with Crippen molar-refractivity contribution in [1.29, 1.82) is 0 Å². The van der Waals surface area contributed by atoms with E-state index < -0.39 is 0 Å². The standard InChI is InChI=1S/C14H13BrN2O/c1-10(11-5-3-2-4-6-11)17-14(18)12-7-8-16-13(15)9-12/h2-10H,1H3,(H,17,18)/t10-/m0/s1. The number of carbonyl (C=O) groups excluding carboxylic acids is 1. The van der Waals surface area contributed by atoms with Crippen molar-refractivity contribution >= 4 is 21.8 Å². The van der Waals surface area contributed by atoms with Crippen LogP contribution in [0.15, 0.2) is 53.3 Å². The molecule has 1 aromatic carbocycles. The molecule has 0 unspecified atom stereocenters. The molecular formula is C14H13BrN2O. The molecular weight excluding hydrogens is 292 g/mol. The molecule has 0 saturated heterocycles. The number of nitrogens with zero attached hydrogens (tertiary/aromatic N) is 1. The lowest BCUT2D eigenvalue weighted by molar-refractivity contribution is 0.0939. The summed E-state index contributed by atoms with van der Waals surface area (Å²) in [6.07, 6.45) is 1.60. The average molecular weight is 305 g/mol. The van der Waals surface area contributed by atoms with Crippen LogP contribution in [0.3, 0.4) is 0 Å². The van der Waals surface area contributed by atoms with Gasteiger partial charge in [-0.1, -0.05) is 30.3 Å². The van der Waals surface area contributed by atoms with Crippen LogP contribution in [0.25, 0.3) is 0 Å². The topological polar surface area (TPSA) is 42.0 Å². The molecule has 0 bridgehead atoms. The van der Waals surface area contributed by atoms with Crippen molar-refractivity contribution < 1.29 is 4.79 Å². The second-order valence-electron chi connectivity index (χ2n) is 3.97. The molecule has 1 atom stereocenters. The van der Waals surface area contributed by atoms with Crippen LogP contribution in [-0.2, 0) is 0 Å². The summed E-state index contributed by atoms with van der Waals surface area (Å²) < 4.78 is 0.655. The molecule has 2 aromatic rings. The van der Waals surface area contributed by atoms with Crippen LogP contribution in [-0.4, -0.2) is 10.9 Å². The van der Waals surface area contributed by atoms with Crippen LogP contribution in [0.2, 0.25) is 0 Å². The van der Waals surface area contributed by atoms with Crippen LogP contribution in [0.5, 0.6) is 0 Å². The van der Waals surface area contributed by atoms with E-state index in [1.54, 1.807) is 18.3 Å². The molecule has 0 fully saturated rings. The van der Waals surface area contributed by atoms with E-state index in [-0.39, 0.29) is 11.9 Å². The molecule has 1 heterocycles. The van der Waals surface area contributed by atoms with Gasteiger partial charge in [0.05, 0.1) is 6.04 Å². The number of hydrogen-bond acceptors (Lipinski definition) is 2. The Morgan fingerprint density at radius 3 is 2.67 bits per heavy atom. The molecule has 1 N–H and O–H groups in total. The Bertz CT molecular complexity index is 543. The SMILES string of the molecule is C[C@H](NC(=O)c1ccnc(Br)c1)c1ccccc1. The van der Waals surface area contributed by atoms with Gasteiger partial charge in [-0.25, -0.2) is 4.98 Å². The van der Waals surface area contributed by atoms with Crippen molar-refractivity contribution in [1.82, 2.24) is 10.3 Å². The van der Waals surface area contributed by atoms with E-state index in [0.717, 1.165) is 5.56 Å². The number of aromatic nitrogens is 1. The first-order valence-electron chi connectivity index (χ1n) is 5.64. The van der Waals surface area contributed by atoms with E-state index in [1.165, 1.54) is 0 Å². The van der Waals surface area contributed by atoms with Gasteiger partial charge >= 0.3 is 0 Å². The highest BCUT2D eigenvalue weighted by Gasteiger charge is 2.11. The predicted molar refractivity (Wildman–Crippen MR) is 74.3 cm³/mol. The van der Waals surface area contributed by atoms with Crippen molar-refractivity contribution in [3.05, 3.63) is 64.4 Å². The third kappa shape index (κ3) is 3.17. The third-order valence-corrected chi connectivity index (χ3v) is 3.07. The largest absolute Gasteiger partial charge is 0.346 e. The summed E-state index contributed by atoms with van der Waals surface area (Å²) in [7, 11) is 0. The number of amides is 1. The van der Waals surface area contributed by atoms with Gasteiger partial charge in [0.2, 0.25) is 0 Å².